The third-order valence-corrected chi connectivity index (χ3v) is 4.92. The molecule has 5 N–H and O–H groups in total. The van der Waals surface area contributed by atoms with Crippen LogP contribution >= 0.6 is 0 Å². The number of benzene rings is 1. The Morgan fingerprint density at radius 2 is 1.74 bits per heavy atom. The Morgan fingerprint density at radius 1 is 0.968 bits per heavy atom. The van der Waals surface area contributed by atoms with Crippen LogP contribution in [0.4, 0.5) is 5.82 Å². The highest BCUT2D eigenvalue weighted by Crippen LogP contribution is 2.37. The number of aromatic nitrogens is 3. The van der Waals surface area contributed by atoms with Gasteiger partial charge in [0.25, 0.3) is 0 Å². The second-order valence-corrected chi connectivity index (χ2v) is 7.00. The fourth-order valence-electron chi connectivity index (χ4n) is 3.30. The lowest BCUT2D eigenvalue weighted by atomic mass is 10.0. The first kappa shape index (κ1) is 20.6. The molecule has 0 saturated heterocycles. The number of nitrogen functional groups attached to an aromatic ring is 1. The molecule has 1 atom stereocenters. The van der Waals surface area contributed by atoms with Gasteiger partial charge in [0, 0.05) is 34.8 Å². The molecule has 1 aromatic carbocycles. The van der Waals surface area contributed by atoms with Crippen molar-refractivity contribution in [2.75, 3.05) is 33.2 Å². The van der Waals surface area contributed by atoms with Crippen LogP contribution in [0, 0.1) is 0 Å². The Morgan fingerprint density at radius 3 is 2.48 bits per heavy atom. The molecule has 0 aliphatic carbocycles. The van der Waals surface area contributed by atoms with Crippen LogP contribution in [0.25, 0.3) is 32.9 Å². The lowest BCUT2D eigenvalue weighted by Crippen LogP contribution is -2.31. The van der Waals surface area contributed by atoms with Gasteiger partial charge in [-0.15, -0.1) is 0 Å². The van der Waals surface area contributed by atoms with E-state index < -0.39 is 6.04 Å². The number of hydrogen-bond acceptors (Lipinski definition) is 9. The second kappa shape index (κ2) is 8.58. The van der Waals surface area contributed by atoms with Crippen LogP contribution in [0.2, 0.25) is 0 Å². The number of nitrogens with zero attached hydrogens (tertiary/aromatic N) is 3. The number of methoxy groups -OCH3 is 2. The quantitative estimate of drug-likeness (QED) is 0.383. The predicted octanol–water partition coefficient (Wildman–Crippen LogP) is 2.14. The molecule has 4 rings (SSSR count). The SMILES string of the molecule is COc1cc2ncc3c(N)nc(-c4cncc(OC[C@@H](N)CO)c4)cc3c2cc1OC. The summed E-state index contributed by atoms with van der Waals surface area (Å²) in [6, 6.07) is 6.97. The zero-order valence-electron chi connectivity index (χ0n) is 17.2. The van der Waals surface area contributed by atoms with Gasteiger partial charge in [0.2, 0.25) is 0 Å². The third kappa shape index (κ3) is 4.00. The van der Waals surface area contributed by atoms with E-state index in [1.54, 1.807) is 38.9 Å². The summed E-state index contributed by atoms with van der Waals surface area (Å²) in [7, 11) is 3.17. The fraction of sp³-hybridized carbons (Fsp3) is 0.227. The molecule has 3 aromatic heterocycles. The van der Waals surface area contributed by atoms with Crippen molar-refractivity contribution in [2.24, 2.45) is 5.73 Å². The van der Waals surface area contributed by atoms with Crippen LogP contribution in [0.3, 0.4) is 0 Å². The molecule has 9 heteroatoms. The number of fused-ring (bicyclic) bond motifs is 3. The molecule has 0 amide bonds. The molecule has 160 valence electrons. The van der Waals surface area contributed by atoms with Gasteiger partial charge in [-0.25, -0.2) is 4.98 Å². The lowest BCUT2D eigenvalue weighted by molar-refractivity contribution is 0.206. The largest absolute Gasteiger partial charge is 0.493 e. The van der Waals surface area contributed by atoms with Gasteiger partial charge in [0.15, 0.2) is 11.5 Å². The summed E-state index contributed by atoms with van der Waals surface area (Å²) >= 11 is 0. The predicted molar refractivity (Wildman–Crippen MR) is 118 cm³/mol. The number of hydrogen-bond donors (Lipinski definition) is 3. The molecule has 4 aromatic rings. The zero-order chi connectivity index (χ0) is 22.0. The second-order valence-electron chi connectivity index (χ2n) is 7.00. The van der Waals surface area contributed by atoms with Gasteiger partial charge in [-0.2, -0.15) is 0 Å². The van der Waals surface area contributed by atoms with Gasteiger partial charge in [-0.3, -0.25) is 9.97 Å². The highest BCUT2D eigenvalue weighted by Gasteiger charge is 2.14. The average molecular weight is 421 g/mol. The van der Waals surface area contributed by atoms with E-state index in [0.29, 0.717) is 28.8 Å². The van der Waals surface area contributed by atoms with Crippen molar-refractivity contribution >= 4 is 27.5 Å². The van der Waals surface area contributed by atoms with Crippen LogP contribution in [-0.4, -0.2) is 53.5 Å². The monoisotopic (exact) mass is 421 g/mol. The molecule has 3 heterocycles. The molecule has 31 heavy (non-hydrogen) atoms. The van der Waals surface area contributed by atoms with Crippen molar-refractivity contribution in [2.45, 2.75) is 6.04 Å². The fourth-order valence-corrected chi connectivity index (χ4v) is 3.30. The van der Waals surface area contributed by atoms with Crippen LogP contribution in [0.5, 0.6) is 17.2 Å². The van der Waals surface area contributed by atoms with Crippen LogP contribution < -0.4 is 25.7 Å². The van der Waals surface area contributed by atoms with Crippen molar-refractivity contribution in [3.63, 3.8) is 0 Å². The number of anilines is 1. The van der Waals surface area contributed by atoms with Crippen molar-refractivity contribution in [3.8, 4) is 28.5 Å². The zero-order valence-corrected chi connectivity index (χ0v) is 17.2. The number of rotatable bonds is 7. The van der Waals surface area contributed by atoms with E-state index in [4.69, 9.17) is 30.8 Å². The van der Waals surface area contributed by atoms with E-state index in [2.05, 4.69) is 15.0 Å². The maximum Gasteiger partial charge on any atom is 0.162 e. The van der Waals surface area contributed by atoms with Gasteiger partial charge in [0.1, 0.15) is 18.2 Å². The standard InChI is InChI=1S/C22H23N5O4/c1-29-20-5-16-15-4-18(12-3-14(8-25-7-12)31-11-13(23)10-28)27-22(24)17(15)9-26-19(16)6-21(20)30-2/h3-9,13,28H,10-11,23H2,1-2H3,(H2,24,27)/t13-/m0/s1. The number of aliphatic hydroxyl groups is 1. The van der Waals surface area contributed by atoms with E-state index in [1.165, 1.54) is 0 Å². The lowest BCUT2D eigenvalue weighted by Gasteiger charge is -2.13. The normalized spacial score (nSPS) is 12.1. The molecular formula is C22H23N5O4. The van der Waals surface area contributed by atoms with E-state index in [-0.39, 0.29) is 13.2 Å². The molecular weight excluding hydrogens is 398 g/mol. The van der Waals surface area contributed by atoms with Crippen LogP contribution in [0.1, 0.15) is 0 Å². The average Bonchev–Trinajstić information content (AvgIpc) is 2.81. The summed E-state index contributed by atoms with van der Waals surface area (Å²) in [4.78, 5) is 13.3. The molecule has 0 unspecified atom stereocenters. The minimum Gasteiger partial charge on any atom is -0.493 e. The minimum atomic E-state index is -0.469. The third-order valence-electron chi connectivity index (χ3n) is 4.92. The molecule has 0 bridgehead atoms. The van der Waals surface area contributed by atoms with Gasteiger partial charge in [-0.1, -0.05) is 0 Å². The maximum atomic E-state index is 9.07. The molecule has 0 saturated carbocycles. The van der Waals surface area contributed by atoms with Crippen molar-refractivity contribution in [1.29, 1.82) is 0 Å². The van der Waals surface area contributed by atoms with E-state index in [0.717, 1.165) is 27.2 Å². The molecule has 0 aliphatic rings. The highest BCUT2D eigenvalue weighted by atomic mass is 16.5. The smallest absolute Gasteiger partial charge is 0.162 e. The molecule has 0 spiro atoms. The first-order valence-corrected chi connectivity index (χ1v) is 9.59. The summed E-state index contributed by atoms with van der Waals surface area (Å²) in [6.45, 7) is 0.0120. The number of nitrogens with two attached hydrogens (primary N) is 2. The summed E-state index contributed by atoms with van der Waals surface area (Å²) < 4.78 is 16.5. The van der Waals surface area contributed by atoms with Crippen LogP contribution in [-0.2, 0) is 0 Å². The summed E-state index contributed by atoms with van der Waals surface area (Å²) in [6.07, 6.45) is 4.96. The Bertz CT molecular complexity index is 1250. The maximum absolute atomic E-state index is 9.07. The topological polar surface area (TPSA) is 139 Å². The van der Waals surface area contributed by atoms with E-state index in [1.807, 2.05) is 18.2 Å². The molecule has 9 nitrogen and oxygen atoms in total. The first-order valence-electron chi connectivity index (χ1n) is 9.59. The van der Waals surface area contributed by atoms with E-state index in [9.17, 15) is 0 Å². The van der Waals surface area contributed by atoms with Gasteiger partial charge >= 0.3 is 0 Å². The Balaban J connectivity index is 1.83. The first-order chi connectivity index (χ1) is 15.0. The minimum absolute atomic E-state index is 0.161. The Kier molecular flexibility index (Phi) is 5.70. The molecule has 0 fully saturated rings. The molecule has 0 radical (unpaired) electrons. The summed E-state index contributed by atoms with van der Waals surface area (Å²) in [5.41, 5.74) is 14.1. The van der Waals surface area contributed by atoms with Crippen molar-refractivity contribution < 1.29 is 19.3 Å². The summed E-state index contributed by atoms with van der Waals surface area (Å²) in [5.74, 6) is 2.07. The van der Waals surface area contributed by atoms with Crippen molar-refractivity contribution in [3.05, 3.63) is 42.9 Å². The van der Waals surface area contributed by atoms with Crippen LogP contribution in [0.15, 0.2) is 42.9 Å². The van der Waals surface area contributed by atoms with Gasteiger partial charge in [0.05, 0.1) is 44.3 Å². The van der Waals surface area contributed by atoms with Crippen molar-refractivity contribution in [1.82, 2.24) is 15.0 Å². The number of aliphatic hydroxyl groups excluding tert-OH is 1. The Labute approximate surface area is 178 Å². The Hall–Kier alpha value is -3.69. The summed E-state index contributed by atoms with van der Waals surface area (Å²) in [5, 5.41) is 11.5. The number of ether oxygens (including phenoxy) is 3. The van der Waals surface area contributed by atoms with Gasteiger partial charge < -0.3 is 30.8 Å². The number of pyridine rings is 3. The van der Waals surface area contributed by atoms with Gasteiger partial charge in [-0.05, 0) is 23.6 Å². The molecule has 0 aliphatic heterocycles. The van der Waals surface area contributed by atoms with E-state index >= 15 is 0 Å². The highest BCUT2D eigenvalue weighted by molar-refractivity contribution is 6.10.